The molecule has 0 saturated carbocycles. The highest BCUT2D eigenvalue weighted by molar-refractivity contribution is 14.1. The van der Waals surface area contributed by atoms with Crippen LogP contribution in [0.3, 0.4) is 0 Å². The van der Waals surface area contributed by atoms with Crippen LogP contribution in [0.2, 0.25) is 10.0 Å². The fourth-order valence-corrected chi connectivity index (χ4v) is 1.92. The monoisotopic (exact) mass is 494 g/mol. The van der Waals surface area contributed by atoms with E-state index in [2.05, 4.69) is 45.2 Å². The standard InChI is InChI=1S/2C6H4ClI.H2O/c2*7-5-3-1-2-4-6(5)8;/h2*1-4H;1H2. The average molecular weight is 495 g/mol. The van der Waals surface area contributed by atoms with Gasteiger partial charge in [0.05, 0.1) is 10.0 Å². The number of halogens is 4. The van der Waals surface area contributed by atoms with E-state index >= 15 is 0 Å². The summed E-state index contributed by atoms with van der Waals surface area (Å²) in [5.41, 5.74) is 0. The van der Waals surface area contributed by atoms with Crippen LogP contribution in [0.25, 0.3) is 0 Å². The van der Waals surface area contributed by atoms with Gasteiger partial charge in [0.25, 0.3) is 0 Å². The molecule has 0 aliphatic heterocycles. The molecule has 0 saturated heterocycles. The minimum absolute atomic E-state index is 0. The minimum atomic E-state index is 0. The lowest BCUT2D eigenvalue weighted by molar-refractivity contribution is 0.824. The topological polar surface area (TPSA) is 31.5 Å². The summed E-state index contributed by atoms with van der Waals surface area (Å²) in [6.45, 7) is 0. The number of hydrogen-bond donors (Lipinski definition) is 0. The molecule has 2 rings (SSSR count). The average Bonchev–Trinajstić information content (AvgIpc) is 2.28. The van der Waals surface area contributed by atoms with Crippen molar-refractivity contribution in [3.63, 3.8) is 0 Å². The Bertz CT molecular complexity index is 378. The van der Waals surface area contributed by atoms with Crippen LogP contribution in [-0.2, 0) is 0 Å². The van der Waals surface area contributed by atoms with Crippen molar-refractivity contribution in [2.75, 3.05) is 0 Å². The molecule has 92 valence electrons. The van der Waals surface area contributed by atoms with Gasteiger partial charge in [-0.05, 0) is 69.4 Å². The maximum Gasteiger partial charge on any atom is 0.0539 e. The Hall–Kier alpha value is 0.440. The first-order chi connectivity index (χ1) is 7.61. The zero-order valence-corrected chi connectivity index (χ0v) is 14.5. The van der Waals surface area contributed by atoms with Crippen molar-refractivity contribution in [1.29, 1.82) is 0 Å². The highest BCUT2D eigenvalue weighted by atomic mass is 127. The molecule has 5 heteroatoms. The van der Waals surface area contributed by atoms with Gasteiger partial charge in [0, 0.05) is 7.14 Å². The quantitative estimate of drug-likeness (QED) is 0.458. The SMILES string of the molecule is Clc1ccccc1I.Clc1ccccc1I.O. The van der Waals surface area contributed by atoms with Gasteiger partial charge in [0.15, 0.2) is 0 Å². The molecule has 2 N–H and O–H groups in total. The van der Waals surface area contributed by atoms with Gasteiger partial charge in [0.1, 0.15) is 0 Å². The predicted molar refractivity (Wildman–Crippen MR) is 92.0 cm³/mol. The predicted octanol–water partition coefficient (Wildman–Crippen LogP) is 5.06. The van der Waals surface area contributed by atoms with Crippen LogP contribution in [0.1, 0.15) is 0 Å². The van der Waals surface area contributed by atoms with Crippen molar-refractivity contribution in [3.8, 4) is 0 Å². The van der Waals surface area contributed by atoms with E-state index in [1.807, 2.05) is 48.5 Å². The largest absolute Gasteiger partial charge is 0.412 e. The molecule has 2 aromatic carbocycles. The molecule has 0 radical (unpaired) electrons. The molecule has 17 heavy (non-hydrogen) atoms. The maximum atomic E-state index is 5.70. The lowest BCUT2D eigenvalue weighted by Gasteiger charge is -1.89. The molecule has 0 fully saturated rings. The Balaban J connectivity index is 0.000000284. The van der Waals surface area contributed by atoms with Crippen LogP contribution in [0, 0.1) is 7.14 Å². The van der Waals surface area contributed by atoms with Crippen molar-refractivity contribution in [3.05, 3.63) is 65.7 Å². The van der Waals surface area contributed by atoms with Gasteiger partial charge < -0.3 is 5.48 Å². The van der Waals surface area contributed by atoms with Crippen molar-refractivity contribution in [2.45, 2.75) is 0 Å². The smallest absolute Gasteiger partial charge is 0.0539 e. The molecule has 1 nitrogen and oxygen atoms in total. The lowest BCUT2D eigenvalue weighted by Crippen LogP contribution is -1.67. The van der Waals surface area contributed by atoms with Gasteiger partial charge in [0.2, 0.25) is 0 Å². The first-order valence-corrected chi connectivity index (χ1v) is 7.32. The van der Waals surface area contributed by atoms with E-state index in [-0.39, 0.29) is 5.48 Å². The van der Waals surface area contributed by atoms with E-state index < -0.39 is 0 Å². The second-order valence-electron chi connectivity index (χ2n) is 2.83. The highest BCUT2D eigenvalue weighted by Crippen LogP contribution is 2.16. The van der Waals surface area contributed by atoms with E-state index in [0.29, 0.717) is 0 Å². The first kappa shape index (κ1) is 17.4. The van der Waals surface area contributed by atoms with Crippen LogP contribution >= 0.6 is 68.4 Å². The van der Waals surface area contributed by atoms with E-state index in [1.165, 1.54) is 0 Å². The normalized spacial score (nSPS) is 8.71. The molecule has 0 aromatic heterocycles. The minimum Gasteiger partial charge on any atom is -0.412 e. The maximum absolute atomic E-state index is 5.70. The Labute approximate surface area is 138 Å². The van der Waals surface area contributed by atoms with Crippen molar-refractivity contribution >= 4 is 68.4 Å². The van der Waals surface area contributed by atoms with Gasteiger partial charge in [-0.25, -0.2) is 0 Å². The van der Waals surface area contributed by atoms with Crippen LogP contribution in [-0.4, -0.2) is 5.48 Å². The van der Waals surface area contributed by atoms with E-state index in [9.17, 15) is 0 Å². The second kappa shape index (κ2) is 9.38. The summed E-state index contributed by atoms with van der Waals surface area (Å²) in [7, 11) is 0. The first-order valence-electron chi connectivity index (χ1n) is 4.41. The van der Waals surface area contributed by atoms with Gasteiger partial charge >= 0.3 is 0 Å². The summed E-state index contributed by atoms with van der Waals surface area (Å²) < 4.78 is 2.21. The Morgan fingerprint density at radius 3 is 1.12 bits per heavy atom. The molecular weight excluding hydrogens is 485 g/mol. The summed E-state index contributed by atoms with van der Waals surface area (Å²) >= 11 is 15.8. The van der Waals surface area contributed by atoms with Crippen LogP contribution in [0.4, 0.5) is 0 Å². The number of benzene rings is 2. The second-order valence-corrected chi connectivity index (χ2v) is 5.97. The van der Waals surface area contributed by atoms with E-state index in [4.69, 9.17) is 23.2 Å². The summed E-state index contributed by atoms with van der Waals surface area (Å²) in [5, 5.41) is 1.65. The fraction of sp³-hybridized carbons (Fsp3) is 0. The summed E-state index contributed by atoms with van der Waals surface area (Å²) in [4.78, 5) is 0. The van der Waals surface area contributed by atoms with Crippen LogP contribution < -0.4 is 0 Å². The molecule has 2 aromatic rings. The Morgan fingerprint density at radius 1 is 0.647 bits per heavy atom. The highest BCUT2D eigenvalue weighted by Gasteiger charge is 1.89. The molecular formula is C12H10Cl2I2O. The molecule has 0 amide bonds. The zero-order chi connectivity index (χ0) is 12.0. The zero-order valence-electron chi connectivity index (χ0n) is 8.63. The van der Waals surface area contributed by atoms with Gasteiger partial charge in [-0.2, -0.15) is 0 Å². The van der Waals surface area contributed by atoms with Crippen LogP contribution in [0.15, 0.2) is 48.5 Å². The third kappa shape index (κ3) is 6.81. The fourth-order valence-electron chi connectivity index (χ4n) is 0.879. The van der Waals surface area contributed by atoms with Gasteiger partial charge in [-0.15, -0.1) is 0 Å². The molecule has 0 heterocycles. The summed E-state index contributed by atoms with van der Waals surface area (Å²) in [6.07, 6.45) is 0. The van der Waals surface area contributed by atoms with Crippen molar-refractivity contribution in [1.82, 2.24) is 0 Å². The molecule has 0 aliphatic carbocycles. The molecule has 0 bridgehead atoms. The summed E-state index contributed by atoms with van der Waals surface area (Å²) in [6, 6.07) is 15.5. The van der Waals surface area contributed by atoms with Gasteiger partial charge in [-0.1, -0.05) is 47.5 Å². The van der Waals surface area contributed by atoms with Crippen LogP contribution in [0.5, 0.6) is 0 Å². The Morgan fingerprint density at radius 2 is 0.941 bits per heavy atom. The van der Waals surface area contributed by atoms with Crippen molar-refractivity contribution < 1.29 is 5.48 Å². The van der Waals surface area contributed by atoms with E-state index in [0.717, 1.165) is 17.2 Å². The van der Waals surface area contributed by atoms with Gasteiger partial charge in [-0.3, -0.25) is 0 Å². The molecule has 0 atom stereocenters. The summed E-state index contributed by atoms with van der Waals surface area (Å²) in [5.74, 6) is 0. The molecule has 0 unspecified atom stereocenters. The van der Waals surface area contributed by atoms with Crippen molar-refractivity contribution in [2.24, 2.45) is 0 Å². The van der Waals surface area contributed by atoms with E-state index in [1.54, 1.807) is 0 Å². The third-order valence-corrected chi connectivity index (χ3v) is 4.83. The lowest BCUT2D eigenvalue weighted by atomic mass is 10.4. The molecule has 0 spiro atoms. The number of hydrogen-bond acceptors (Lipinski definition) is 0. The third-order valence-electron chi connectivity index (χ3n) is 1.65. The number of rotatable bonds is 0. The molecule has 0 aliphatic rings. The Kier molecular flexibility index (Phi) is 9.62.